The van der Waals surface area contributed by atoms with E-state index in [1.165, 1.54) is 0 Å². The number of rotatable bonds is 2. The van der Waals surface area contributed by atoms with E-state index in [2.05, 4.69) is 0 Å². The fraction of sp³-hybridized carbons (Fsp3) is 0.800. The zero-order valence-electron chi connectivity index (χ0n) is 5.31. The van der Waals surface area contributed by atoms with Crippen molar-refractivity contribution in [3.05, 3.63) is 0 Å². The van der Waals surface area contributed by atoms with E-state index in [-0.39, 0.29) is 9.83 Å². The summed E-state index contributed by atoms with van der Waals surface area (Å²) in [6.45, 7) is 1.88. The average Bonchev–Trinajstić information content (AvgIpc) is 1.64. The largest absolute Gasteiger partial charge is 0.299 e. The van der Waals surface area contributed by atoms with Crippen LogP contribution in [-0.2, 0) is 4.79 Å². The van der Waals surface area contributed by atoms with Crippen LogP contribution in [0.5, 0.6) is 0 Å². The monoisotopic (exact) mass is 227 g/mol. The van der Waals surface area contributed by atoms with Gasteiger partial charge in [-0.1, -0.05) is 0 Å². The second kappa shape index (κ2) is 3.40. The van der Waals surface area contributed by atoms with E-state index in [1.807, 2.05) is 25.9 Å². The zero-order chi connectivity index (χ0) is 6.73. The van der Waals surface area contributed by atoms with Crippen LogP contribution in [-0.4, -0.2) is 28.8 Å². The first-order valence-electron chi connectivity index (χ1n) is 2.41. The first-order valence-corrected chi connectivity index (χ1v) is 3.49. The molecule has 0 aromatic rings. The zero-order valence-corrected chi connectivity index (χ0v) is 7.47. The maximum atomic E-state index is 10.5. The molecule has 0 N–H and O–H groups in total. The van der Waals surface area contributed by atoms with Gasteiger partial charge in [-0.3, -0.25) is 9.69 Å². The number of hydrogen-bond acceptors (Lipinski definition) is 2. The van der Waals surface area contributed by atoms with Gasteiger partial charge in [0.05, 0.1) is 6.04 Å². The molecule has 2 nitrogen and oxygen atoms in total. The second-order valence-electron chi connectivity index (χ2n) is 1.94. The fourth-order valence-electron chi connectivity index (χ4n) is 0.203. The molecule has 1 atom stereocenters. The Morgan fingerprint density at radius 1 is 1.62 bits per heavy atom. The highest BCUT2D eigenvalue weighted by Crippen LogP contribution is 1.98. The van der Waals surface area contributed by atoms with Crippen LogP contribution in [0, 0.1) is 0 Å². The summed E-state index contributed by atoms with van der Waals surface area (Å²) in [4.78, 5) is 12.4. The third-order valence-corrected chi connectivity index (χ3v) is 2.00. The Kier molecular flexibility index (Phi) is 3.55. The van der Waals surface area contributed by atoms with Gasteiger partial charge in [-0.15, -0.1) is 0 Å². The Balaban J connectivity index is 3.64. The van der Waals surface area contributed by atoms with Crippen LogP contribution in [0.1, 0.15) is 6.92 Å². The normalized spacial score (nSPS) is 14.1. The van der Waals surface area contributed by atoms with Gasteiger partial charge in [-0.2, -0.15) is 0 Å². The third kappa shape index (κ3) is 2.61. The van der Waals surface area contributed by atoms with Crippen molar-refractivity contribution in [1.82, 2.24) is 4.90 Å². The van der Waals surface area contributed by atoms with Gasteiger partial charge < -0.3 is 0 Å². The van der Waals surface area contributed by atoms with Crippen LogP contribution >= 0.6 is 22.6 Å². The minimum Gasteiger partial charge on any atom is -0.299 e. The number of likely N-dealkylation sites (N-methyl/N-ethyl adjacent to an activating group) is 1. The summed E-state index contributed by atoms with van der Waals surface area (Å²) in [6.07, 6.45) is 0. The van der Waals surface area contributed by atoms with Gasteiger partial charge in [0, 0.05) is 22.6 Å². The summed E-state index contributed by atoms with van der Waals surface area (Å²) >= 11 is 1.80. The number of nitrogens with zero attached hydrogens (tertiary/aromatic N) is 1. The van der Waals surface area contributed by atoms with Crippen molar-refractivity contribution >= 4 is 26.4 Å². The summed E-state index contributed by atoms with van der Waals surface area (Å²) in [5.41, 5.74) is 0. The molecule has 0 fully saturated rings. The van der Waals surface area contributed by atoms with Gasteiger partial charge in [-0.05, 0) is 21.0 Å². The van der Waals surface area contributed by atoms with Crippen molar-refractivity contribution in [3.8, 4) is 0 Å². The minimum absolute atomic E-state index is 0.0515. The highest BCUT2D eigenvalue weighted by Gasteiger charge is 2.09. The van der Waals surface area contributed by atoms with E-state index < -0.39 is 0 Å². The Hall–Kier alpha value is 0.360. The molecule has 48 valence electrons. The van der Waals surface area contributed by atoms with Crippen molar-refractivity contribution < 1.29 is 4.79 Å². The van der Waals surface area contributed by atoms with Crippen molar-refractivity contribution in [3.63, 3.8) is 0 Å². The third-order valence-electron chi connectivity index (χ3n) is 1.10. The molecule has 0 aliphatic rings. The molecule has 8 heavy (non-hydrogen) atoms. The van der Waals surface area contributed by atoms with Gasteiger partial charge >= 0.3 is 0 Å². The van der Waals surface area contributed by atoms with E-state index in [4.69, 9.17) is 0 Å². The summed E-state index contributed by atoms with van der Waals surface area (Å²) in [5, 5.41) is 0. The second-order valence-corrected chi connectivity index (χ2v) is 3.01. The molecule has 0 rings (SSSR count). The molecule has 0 amide bonds. The van der Waals surface area contributed by atoms with Crippen LogP contribution in [0.15, 0.2) is 0 Å². The highest BCUT2D eigenvalue weighted by atomic mass is 127. The van der Waals surface area contributed by atoms with Gasteiger partial charge in [-0.25, -0.2) is 0 Å². The molecule has 0 radical (unpaired) electrons. The summed E-state index contributed by atoms with van der Waals surface area (Å²) in [7, 11) is 3.78. The van der Waals surface area contributed by atoms with E-state index in [1.54, 1.807) is 22.6 Å². The van der Waals surface area contributed by atoms with Crippen molar-refractivity contribution in [2.75, 3.05) is 14.1 Å². The van der Waals surface area contributed by atoms with Crippen molar-refractivity contribution in [2.24, 2.45) is 0 Å². The maximum absolute atomic E-state index is 10.5. The summed E-state index contributed by atoms with van der Waals surface area (Å²) in [6, 6.07) is 0.0515. The number of carbonyl (C=O) groups is 1. The maximum Gasteiger partial charge on any atom is 0.209 e. The Morgan fingerprint density at radius 2 is 2.00 bits per heavy atom. The predicted molar refractivity (Wildman–Crippen MR) is 42.2 cm³/mol. The Morgan fingerprint density at radius 3 is 2.00 bits per heavy atom. The predicted octanol–water partition coefficient (Wildman–Crippen LogP) is 0.898. The van der Waals surface area contributed by atoms with Gasteiger partial charge in [0.15, 0.2) is 0 Å². The topological polar surface area (TPSA) is 20.3 Å². The van der Waals surface area contributed by atoms with E-state index in [0.29, 0.717) is 0 Å². The van der Waals surface area contributed by atoms with E-state index in [9.17, 15) is 4.79 Å². The first kappa shape index (κ1) is 8.36. The van der Waals surface area contributed by atoms with Crippen LogP contribution < -0.4 is 0 Å². The molecule has 0 aliphatic heterocycles. The standard InChI is InChI=1S/C5H10INO/c1-4(5(6)8)7(2)3/h4H,1-3H3/t4-/m0/s1. The van der Waals surface area contributed by atoms with Gasteiger partial charge in [0.1, 0.15) is 0 Å². The lowest BCUT2D eigenvalue weighted by Gasteiger charge is -2.14. The van der Waals surface area contributed by atoms with Crippen LogP contribution in [0.4, 0.5) is 0 Å². The lowest BCUT2D eigenvalue weighted by atomic mass is 10.4. The van der Waals surface area contributed by atoms with Crippen molar-refractivity contribution in [1.29, 1.82) is 0 Å². The van der Waals surface area contributed by atoms with Crippen LogP contribution in [0.2, 0.25) is 0 Å². The average molecular weight is 227 g/mol. The molecule has 0 aliphatic carbocycles. The molecule has 0 aromatic carbocycles. The number of halogens is 1. The molecule has 0 spiro atoms. The Bertz CT molecular complexity index is 92.4. The van der Waals surface area contributed by atoms with Gasteiger partial charge in [0.2, 0.25) is 3.79 Å². The quantitative estimate of drug-likeness (QED) is 0.516. The summed E-state index contributed by atoms with van der Waals surface area (Å²) in [5.74, 6) is 0. The SMILES string of the molecule is C[C@@H](C(=O)I)N(C)C. The molecular formula is C5H10INO. The fourth-order valence-corrected chi connectivity index (χ4v) is 0.760. The van der Waals surface area contributed by atoms with Crippen LogP contribution in [0.25, 0.3) is 0 Å². The molecule has 0 heterocycles. The van der Waals surface area contributed by atoms with E-state index >= 15 is 0 Å². The molecular weight excluding hydrogens is 217 g/mol. The van der Waals surface area contributed by atoms with Crippen LogP contribution in [0.3, 0.4) is 0 Å². The smallest absolute Gasteiger partial charge is 0.209 e. The van der Waals surface area contributed by atoms with E-state index in [0.717, 1.165) is 0 Å². The number of carbonyl (C=O) groups excluding carboxylic acids is 1. The molecule has 0 aromatic heterocycles. The van der Waals surface area contributed by atoms with Gasteiger partial charge in [0.25, 0.3) is 0 Å². The summed E-state index contributed by atoms with van der Waals surface area (Å²) < 4.78 is 0.188. The first-order chi connectivity index (χ1) is 3.55. The Labute approximate surface area is 63.4 Å². The molecule has 0 saturated carbocycles. The van der Waals surface area contributed by atoms with Crippen molar-refractivity contribution in [2.45, 2.75) is 13.0 Å². The molecule has 0 bridgehead atoms. The molecule has 0 unspecified atom stereocenters. The number of hydrogen-bond donors (Lipinski definition) is 0. The highest BCUT2D eigenvalue weighted by molar-refractivity contribution is 14.1. The minimum atomic E-state index is 0.0515. The lowest BCUT2D eigenvalue weighted by Crippen LogP contribution is -2.29. The molecule has 0 saturated heterocycles. The lowest BCUT2D eigenvalue weighted by molar-refractivity contribution is -0.112. The molecule has 3 heteroatoms.